The predicted molar refractivity (Wildman–Crippen MR) is 235 cm³/mol. The molecule has 3 aromatic heterocycles. The van der Waals surface area contributed by atoms with Gasteiger partial charge >= 0.3 is 0 Å². The molecular weight excluding hydrogens is 679 g/mol. The number of benzene rings is 8. The Morgan fingerprint density at radius 1 is 0.250 bits per heavy atom. The largest absolute Gasteiger partial charge is 0.309 e. The molecule has 0 bridgehead atoms. The molecular formula is C53H35N3. The van der Waals surface area contributed by atoms with Gasteiger partial charge in [0.1, 0.15) is 0 Å². The molecule has 0 N–H and O–H groups in total. The van der Waals surface area contributed by atoms with Crippen molar-refractivity contribution in [2.45, 2.75) is 0 Å². The molecule has 0 unspecified atom stereocenters. The highest BCUT2D eigenvalue weighted by Gasteiger charge is 2.15. The first-order valence-electron chi connectivity index (χ1n) is 19.1. The van der Waals surface area contributed by atoms with Crippen molar-refractivity contribution in [3.8, 4) is 56.1 Å². The van der Waals surface area contributed by atoms with Gasteiger partial charge in [-0.3, -0.25) is 0 Å². The second-order valence-corrected chi connectivity index (χ2v) is 14.4. The van der Waals surface area contributed by atoms with Crippen LogP contribution in [0.5, 0.6) is 0 Å². The fourth-order valence-corrected chi connectivity index (χ4v) is 8.47. The normalized spacial score (nSPS) is 11.6. The van der Waals surface area contributed by atoms with E-state index in [1.54, 1.807) is 0 Å². The summed E-state index contributed by atoms with van der Waals surface area (Å²) in [5, 5.41) is 5.03. The van der Waals surface area contributed by atoms with Crippen LogP contribution in [0, 0.1) is 0 Å². The number of hydrogen-bond acceptors (Lipinski definition) is 1. The number of hydrogen-bond donors (Lipinski definition) is 0. The smallest absolute Gasteiger partial charge is 0.0715 e. The molecule has 3 nitrogen and oxygen atoms in total. The fraction of sp³-hybridized carbons (Fsp3) is 0. The minimum atomic E-state index is 0.933. The SMILES string of the molecule is c1ccc(-c2cccc(-c3cc(-c4ccc(-n5c6ccccc6c6ccccc65)cc4)nc(-c4ccc(-n5c6ccccc6c6ccccc65)cc4)c3)c2)cc1. The highest BCUT2D eigenvalue weighted by atomic mass is 15.0. The molecule has 0 aliphatic rings. The predicted octanol–water partition coefficient (Wildman–Crippen LogP) is 13.9. The summed E-state index contributed by atoms with van der Waals surface area (Å²) in [6.07, 6.45) is 0. The first kappa shape index (κ1) is 32.0. The van der Waals surface area contributed by atoms with E-state index in [2.05, 4.69) is 221 Å². The molecule has 11 rings (SSSR count). The van der Waals surface area contributed by atoms with Gasteiger partial charge < -0.3 is 9.13 Å². The Labute approximate surface area is 325 Å². The van der Waals surface area contributed by atoms with Crippen LogP contribution in [0.2, 0.25) is 0 Å². The van der Waals surface area contributed by atoms with Crippen LogP contribution in [-0.2, 0) is 0 Å². The maximum Gasteiger partial charge on any atom is 0.0715 e. The third-order valence-electron chi connectivity index (χ3n) is 11.1. The molecule has 0 aliphatic heterocycles. The van der Waals surface area contributed by atoms with Crippen LogP contribution in [0.15, 0.2) is 212 Å². The monoisotopic (exact) mass is 713 g/mol. The van der Waals surface area contributed by atoms with Crippen LogP contribution in [0.4, 0.5) is 0 Å². The van der Waals surface area contributed by atoms with Crippen molar-refractivity contribution >= 4 is 43.6 Å². The topological polar surface area (TPSA) is 22.8 Å². The Balaban J connectivity index is 1.03. The maximum absolute atomic E-state index is 5.35. The minimum Gasteiger partial charge on any atom is -0.309 e. The second-order valence-electron chi connectivity index (χ2n) is 14.4. The average Bonchev–Trinajstić information content (AvgIpc) is 3.80. The van der Waals surface area contributed by atoms with Gasteiger partial charge in [-0.2, -0.15) is 0 Å². The van der Waals surface area contributed by atoms with Crippen molar-refractivity contribution in [3.05, 3.63) is 212 Å². The summed E-state index contributed by atoms with van der Waals surface area (Å²) in [6, 6.07) is 76.2. The van der Waals surface area contributed by atoms with Crippen molar-refractivity contribution in [2.24, 2.45) is 0 Å². The Hall–Kier alpha value is -7.49. The summed E-state index contributed by atoms with van der Waals surface area (Å²) in [5.74, 6) is 0. The van der Waals surface area contributed by atoms with E-state index in [-0.39, 0.29) is 0 Å². The molecule has 3 heteroatoms. The summed E-state index contributed by atoms with van der Waals surface area (Å²) >= 11 is 0. The van der Waals surface area contributed by atoms with Gasteiger partial charge in [-0.05, 0) is 89.0 Å². The van der Waals surface area contributed by atoms with Gasteiger partial charge in [-0.15, -0.1) is 0 Å². The zero-order valence-corrected chi connectivity index (χ0v) is 30.5. The lowest BCUT2D eigenvalue weighted by molar-refractivity contribution is 1.18. The van der Waals surface area contributed by atoms with E-state index in [1.165, 1.54) is 54.7 Å². The lowest BCUT2D eigenvalue weighted by atomic mass is 9.96. The molecule has 0 saturated carbocycles. The molecule has 3 heterocycles. The molecule has 0 atom stereocenters. The summed E-state index contributed by atoms with van der Waals surface area (Å²) in [6.45, 7) is 0. The first-order chi connectivity index (χ1) is 27.8. The molecule has 11 aromatic rings. The average molecular weight is 714 g/mol. The van der Waals surface area contributed by atoms with Crippen molar-refractivity contribution in [1.29, 1.82) is 0 Å². The lowest BCUT2D eigenvalue weighted by Crippen LogP contribution is -1.96. The van der Waals surface area contributed by atoms with E-state index in [0.717, 1.165) is 45.0 Å². The Bertz CT molecular complexity index is 2940. The van der Waals surface area contributed by atoms with Crippen LogP contribution in [-0.4, -0.2) is 14.1 Å². The molecule has 8 aromatic carbocycles. The van der Waals surface area contributed by atoms with Crippen molar-refractivity contribution in [2.75, 3.05) is 0 Å². The third-order valence-corrected chi connectivity index (χ3v) is 11.1. The third kappa shape index (κ3) is 5.32. The minimum absolute atomic E-state index is 0.933. The number of aromatic nitrogens is 3. The summed E-state index contributed by atoms with van der Waals surface area (Å²) in [4.78, 5) is 5.35. The molecule has 0 spiro atoms. The highest BCUT2D eigenvalue weighted by Crippen LogP contribution is 2.37. The van der Waals surface area contributed by atoms with Crippen LogP contribution in [0.25, 0.3) is 99.8 Å². The van der Waals surface area contributed by atoms with Gasteiger partial charge in [-0.25, -0.2) is 4.98 Å². The molecule has 0 fully saturated rings. The van der Waals surface area contributed by atoms with E-state index in [9.17, 15) is 0 Å². The van der Waals surface area contributed by atoms with Crippen LogP contribution >= 0.6 is 0 Å². The van der Waals surface area contributed by atoms with Gasteiger partial charge in [0.2, 0.25) is 0 Å². The molecule has 0 amide bonds. The second kappa shape index (κ2) is 13.1. The number of rotatable bonds is 6. The van der Waals surface area contributed by atoms with E-state index in [0.29, 0.717) is 0 Å². The fourth-order valence-electron chi connectivity index (χ4n) is 8.47. The highest BCUT2D eigenvalue weighted by molar-refractivity contribution is 6.10. The van der Waals surface area contributed by atoms with E-state index < -0.39 is 0 Å². The van der Waals surface area contributed by atoms with Crippen molar-refractivity contribution in [1.82, 2.24) is 14.1 Å². The van der Waals surface area contributed by atoms with Crippen molar-refractivity contribution in [3.63, 3.8) is 0 Å². The van der Waals surface area contributed by atoms with E-state index in [4.69, 9.17) is 4.98 Å². The molecule has 0 saturated heterocycles. The van der Waals surface area contributed by atoms with Gasteiger partial charge in [-0.1, -0.05) is 146 Å². The number of nitrogens with zero attached hydrogens (tertiary/aromatic N) is 3. The Kier molecular flexibility index (Phi) is 7.49. The zero-order chi connectivity index (χ0) is 37.0. The van der Waals surface area contributed by atoms with Crippen LogP contribution in [0.3, 0.4) is 0 Å². The summed E-state index contributed by atoms with van der Waals surface area (Å²) in [7, 11) is 0. The van der Waals surface area contributed by atoms with Gasteiger partial charge in [0, 0.05) is 44.0 Å². The van der Waals surface area contributed by atoms with Gasteiger partial charge in [0.25, 0.3) is 0 Å². The maximum atomic E-state index is 5.35. The quantitative estimate of drug-likeness (QED) is 0.168. The Morgan fingerprint density at radius 3 is 1.04 bits per heavy atom. The molecule has 0 radical (unpaired) electrons. The van der Waals surface area contributed by atoms with Crippen LogP contribution in [0.1, 0.15) is 0 Å². The van der Waals surface area contributed by atoms with Gasteiger partial charge in [0.05, 0.1) is 33.5 Å². The zero-order valence-electron chi connectivity index (χ0n) is 30.5. The number of pyridine rings is 1. The van der Waals surface area contributed by atoms with Crippen molar-refractivity contribution < 1.29 is 0 Å². The molecule has 0 aliphatic carbocycles. The standard InChI is InChI=1S/C53H35N3/c1-2-13-36(14-3-1)39-15-12-16-40(33-39)41-34-48(37-25-29-42(30-26-37)55-50-21-8-4-17-44(50)45-18-5-9-22-51(45)55)54-49(35-41)38-27-31-43(32-28-38)56-52-23-10-6-19-46(52)47-20-7-11-24-53(47)56/h1-35H. The summed E-state index contributed by atoms with van der Waals surface area (Å²) in [5.41, 5.74) is 15.7. The number of fused-ring (bicyclic) bond motifs is 6. The van der Waals surface area contributed by atoms with Gasteiger partial charge in [0.15, 0.2) is 0 Å². The lowest BCUT2D eigenvalue weighted by Gasteiger charge is -2.13. The summed E-state index contributed by atoms with van der Waals surface area (Å²) < 4.78 is 4.72. The van der Waals surface area contributed by atoms with Crippen LogP contribution < -0.4 is 0 Å². The first-order valence-corrected chi connectivity index (χ1v) is 19.1. The van der Waals surface area contributed by atoms with E-state index >= 15 is 0 Å². The van der Waals surface area contributed by atoms with E-state index in [1.807, 2.05) is 0 Å². The molecule has 262 valence electrons. The Morgan fingerprint density at radius 2 is 0.607 bits per heavy atom. The number of para-hydroxylation sites is 4. The molecule has 56 heavy (non-hydrogen) atoms.